The van der Waals surface area contributed by atoms with E-state index >= 15 is 0 Å². The van der Waals surface area contributed by atoms with Crippen LogP contribution in [0.1, 0.15) is 16.7 Å². The van der Waals surface area contributed by atoms with E-state index in [1.54, 1.807) is 0 Å². The Bertz CT molecular complexity index is 657. The van der Waals surface area contributed by atoms with E-state index in [0.29, 0.717) is 4.90 Å². The van der Waals surface area contributed by atoms with Gasteiger partial charge in [-0.05, 0) is 29.3 Å². The number of alkyl halides is 3. The fourth-order valence-electron chi connectivity index (χ4n) is 1.95. The third-order valence-corrected chi connectivity index (χ3v) is 4.09. The molecule has 0 N–H and O–H groups in total. The Labute approximate surface area is 113 Å². The normalized spacial score (nSPS) is 13.6. The van der Waals surface area contributed by atoms with Gasteiger partial charge in [-0.25, -0.2) is 0 Å². The van der Waals surface area contributed by atoms with Crippen LogP contribution < -0.4 is 0 Å². The quantitative estimate of drug-likeness (QED) is 0.535. The molecule has 4 heteroatoms. The van der Waals surface area contributed by atoms with E-state index in [1.807, 2.05) is 36.4 Å². The number of rotatable bonds is 0. The van der Waals surface area contributed by atoms with Crippen molar-refractivity contribution < 1.29 is 13.2 Å². The van der Waals surface area contributed by atoms with Crippen LogP contribution in [0.5, 0.6) is 0 Å². The first-order chi connectivity index (χ1) is 9.04. The number of hydrogen-bond acceptors (Lipinski definition) is 1. The summed E-state index contributed by atoms with van der Waals surface area (Å²) in [6.07, 6.45) is -0.513. The van der Waals surface area contributed by atoms with Crippen molar-refractivity contribution in [2.45, 2.75) is 16.0 Å². The minimum absolute atomic E-state index is 0.605. The molecule has 0 amide bonds. The maximum atomic E-state index is 12.7. The molecule has 0 radical (unpaired) electrons. The molecular weight excluding hydrogens is 269 g/mol. The van der Waals surface area contributed by atoms with Crippen LogP contribution in [0, 0.1) is 0 Å². The van der Waals surface area contributed by atoms with Gasteiger partial charge < -0.3 is 0 Å². The second-order valence-corrected chi connectivity index (χ2v) is 5.31. The predicted octanol–water partition coefficient (Wildman–Crippen LogP) is 5.34. The van der Waals surface area contributed by atoms with Gasteiger partial charge in [0.1, 0.15) is 0 Å². The third-order valence-electron chi connectivity index (χ3n) is 2.92. The molecule has 3 rings (SSSR count). The van der Waals surface area contributed by atoms with Crippen molar-refractivity contribution in [1.29, 1.82) is 0 Å². The van der Waals surface area contributed by atoms with Crippen LogP contribution in [0.15, 0.2) is 52.3 Å². The number of fused-ring (bicyclic) bond motifs is 2. The van der Waals surface area contributed by atoms with Crippen LogP contribution in [0.3, 0.4) is 0 Å². The van der Waals surface area contributed by atoms with E-state index in [0.717, 1.165) is 22.1 Å². The molecule has 2 aromatic carbocycles. The molecule has 0 fully saturated rings. The molecule has 1 heterocycles. The molecule has 96 valence electrons. The molecule has 0 atom stereocenters. The average molecular weight is 278 g/mol. The first-order valence-corrected chi connectivity index (χ1v) is 6.52. The van der Waals surface area contributed by atoms with E-state index in [4.69, 9.17) is 0 Å². The molecule has 0 aromatic heterocycles. The van der Waals surface area contributed by atoms with Crippen molar-refractivity contribution in [1.82, 2.24) is 0 Å². The van der Waals surface area contributed by atoms with Crippen molar-refractivity contribution in [3.63, 3.8) is 0 Å². The Hall–Kier alpha value is -1.68. The maximum absolute atomic E-state index is 12.7. The molecule has 0 nitrogen and oxygen atoms in total. The molecule has 0 aliphatic carbocycles. The second-order valence-electron chi connectivity index (χ2n) is 4.22. The van der Waals surface area contributed by atoms with Gasteiger partial charge in [0, 0.05) is 9.79 Å². The molecule has 19 heavy (non-hydrogen) atoms. The van der Waals surface area contributed by atoms with Gasteiger partial charge in [0.15, 0.2) is 0 Å². The summed E-state index contributed by atoms with van der Waals surface area (Å²) in [7, 11) is 0. The van der Waals surface area contributed by atoms with E-state index in [1.165, 1.54) is 23.9 Å². The third kappa shape index (κ3) is 2.40. The molecule has 1 aliphatic rings. The van der Waals surface area contributed by atoms with Crippen LogP contribution in [-0.4, -0.2) is 0 Å². The lowest BCUT2D eigenvalue weighted by Gasteiger charge is -2.10. The summed E-state index contributed by atoms with van der Waals surface area (Å²) >= 11 is 1.37. The summed E-state index contributed by atoms with van der Waals surface area (Å²) in [5.74, 6) is 0. The largest absolute Gasteiger partial charge is 0.416 e. The molecule has 2 aromatic rings. The fraction of sp³-hybridized carbons (Fsp3) is 0.0667. The summed E-state index contributed by atoms with van der Waals surface area (Å²) in [5, 5.41) is 0. The van der Waals surface area contributed by atoms with Gasteiger partial charge in [0.05, 0.1) is 5.56 Å². The Kier molecular flexibility index (Phi) is 2.90. The predicted molar refractivity (Wildman–Crippen MR) is 70.9 cm³/mol. The Morgan fingerprint density at radius 3 is 2.21 bits per heavy atom. The molecule has 1 aliphatic heterocycles. The summed E-state index contributed by atoms with van der Waals surface area (Å²) in [6.45, 7) is 0. The molecule has 0 saturated heterocycles. The lowest BCUT2D eigenvalue weighted by Crippen LogP contribution is -2.04. The highest BCUT2D eigenvalue weighted by molar-refractivity contribution is 7.99. The van der Waals surface area contributed by atoms with Crippen molar-refractivity contribution >= 4 is 23.9 Å². The first-order valence-electron chi connectivity index (χ1n) is 5.70. The number of halogens is 3. The molecule has 0 spiro atoms. The van der Waals surface area contributed by atoms with Crippen molar-refractivity contribution in [3.05, 3.63) is 59.2 Å². The smallest absolute Gasteiger partial charge is 0.166 e. The minimum Gasteiger partial charge on any atom is -0.166 e. The van der Waals surface area contributed by atoms with Crippen molar-refractivity contribution in [2.75, 3.05) is 0 Å². The van der Waals surface area contributed by atoms with Gasteiger partial charge in [-0.15, -0.1) is 0 Å². The van der Waals surface area contributed by atoms with Gasteiger partial charge in [-0.2, -0.15) is 13.2 Å². The Morgan fingerprint density at radius 1 is 0.789 bits per heavy atom. The standard InChI is InChI=1S/C15H9F3S/c16-15(17,18)12-8-7-11-6-5-10-3-1-2-4-13(10)19-14(11)9-12/h1-9H. The van der Waals surface area contributed by atoms with E-state index in [2.05, 4.69) is 0 Å². The lowest BCUT2D eigenvalue weighted by atomic mass is 10.1. The van der Waals surface area contributed by atoms with Crippen molar-refractivity contribution in [3.8, 4) is 0 Å². The zero-order chi connectivity index (χ0) is 13.5. The van der Waals surface area contributed by atoms with Gasteiger partial charge >= 0.3 is 6.18 Å². The topological polar surface area (TPSA) is 0 Å². The molecule has 0 bridgehead atoms. The van der Waals surface area contributed by atoms with Crippen LogP contribution in [0.4, 0.5) is 13.2 Å². The van der Waals surface area contributed by atoms with Gasteiger partial charge in [-0.3, -0.25) is 0 Å². The molecular formula is C15H9F3S. The van der Waals surface area contributed by atoms with Crippen LogP contribution in [-0.2, 0) is 6.18 Å². The number of hydrogen-bond donors (Lipinski definition) is 0. The van der Waals surface area contributed by atoms with Gasteiger partial charge in [0.25, 0.3) is 0 Å². The van der Waals surface area contributed by atoms with Crippen molar-refractivity contribution in [2.24, 2.45) is 0 Å². The summed E-state index contributed by atoms with van der Waals surface area (Å²) in [4.78, 5) is 1.60. The van der Waals surface area contributed by atoms with E-state index < -0.39 is 11.7 Å². The van der Waals surface area contributed by atoms with E-state index in [9.17, 15) is 13.2 Å². The molecule has 0 unspecified atom stereocenters. The average Bonchev–Trinajstić information content (AvgIpc) is 2.55. The highest BCUT2D eigenvalue weighted by Crippen LogP contribution is 2.40. The van der Waals surface area contributed by atoms with Gasteiger partial charge in [-0.1, -0.05) is 48.2 Å². The summed E-state index contributed by atoms with van der Waals surface area (Å²) in [6, 6.07) is 11.5. The summed E-state index contributed by atoms with van der Waals surface area (Å²) in [5.41, 5.74) is 1.23. The second kappa shape index (κ2) is 4.46. The maximum Gasteiger partial charge on any atom is 0.416 e. The number of benzene rings is 2. The SMILES string of the molecule is FC(F)(F)c1ccc2c(c1)Sc1ccccc1C=C2. The zero-order valence-electron chi connectivity index (χ0n) is 9.74. The first kappa shape index (κ1) is 12.4. The highest BCUT2D eigenvalue weighted by Gasteiger charge is 2.31. The molecule has 0 saturated carbocycles. The highest BCUT2D eigenvalue weighted by atomic mass is 32.2. The van der Waals surface area contributed by atoms with E-state index in [-0.39, 0.29) is 0 Å². The Morgan fingerprint density at radius 2 is 1.47 bits per heavy atom. The fourth-order valence-corrected chi connectivity index (χ4v) is 3.02. The summed E-state index contributed by atoms with van der Waals surface area (Å²) < 4.78 is 38.2. The van der Waals surface area contributed by atoms with Gasteiger partial charge in [0.2, 0.25) is 0 Å². The van der Waals surface area contributed by atoms with Crippen LogP contribution >= 0.6 is 11.8 Å². The lowest BCUT2D eigenvalue weighted by molar-refractivity contribution is -0.137. The van der Waals surface area contributed by atoms with Crippen LogP contribution in [0.25, 0.3) is 12.2 Å². The monoisotopic (exact) mass is 278 g/mol. The zero-order valence-corrected chi connectivity index (χ0v) is 10.6. The minimum atomic E-state index is -4.30. The Balaban J connectivity index is 2.10. The van der Waals surface area contributed by atoms with Crippen LogP contribution in [0.2, 0.25) is 0 Å².